The smallest absolute Gasteiger partial charge is 0.0971 e. The minimum Gasteiger partial charge on any atom is -0.387 e. The molecule has 0 aromatic heterocycles. The zero-order valence-electron chi connectivity index (χ0n) is 5.85. The Balaban J connectivity index is 3.63. The van der Waals surface area contributed by atoms with E-state index >= 15 is 0 Å². The highest BCUT2D eigenvalue weighted by Crippen LogP contribution is 2.12. The molecule has 0 aromatic rings. The number of rotatable bonds is 3. The van der Waals surface area contributed by atoms with E-state index in [1.165, 1.54) is 0 Å². The molecule has 0 radical (unpaired) electrons. The van der Waals surface area contributed by atoms with Crippen molar-refractivity contribution < 1.29 is 0 Å². The van der Waals surface area contributed by atoms with Gasteiger partial charge in [-0.15, -0.1) is 11.8 Å². The highest BCUT2D eigenvalue weighted by atomic mass is 32.2. The quantitative estimate of drug-likeness (QED) is 0.482. The second-order valence-corrected chi connectivity index (χ2v) is 2.92. The van der Waals surface area contributed by atoms with Crippen LogP contribution in [0.25, 0.3) is 0 Å². The van der Waals surface area contributed by atoms with Crippen LogP contribution in [0.1, 0.15) is 13.8 Å². The van der Waals surface area contributed by atoms with Crippen LogP contribution < -0.4 is 5.73 Å². The zero-order valence-corrected chi connectivity index (χ0v) is 6.66. The Hall–Kier alpha value is -0.440. The largest absolute Gasteiger partial charge is 0.387 e. The summed E-state index contributed by atoms with van der Waals surface area (Å²) in [7, 11) is 0. The molecule has 0 aromatic carbocycles. The van der Waals surface area contributed by atoms with Crippen LogP contribution in [0.2, 0.25) is 0 Å². The van der Waals surface area contributed by atoms with Gasteiger partial charge in [0.1, 0.15) is 0 Å². The number of aliphatic imine (C=N–C) groups is 1. The van der Waals surface area contributed by atoms with Crippen molar-refractivity contribution >= 4 is 17.6 Å². The number of nitrogens with two attached hydrogens (primary N) is 1. The molecule has 0 unspecified atom stereocenters. The first-order chi connectivity index (χ1) is 4.16. The van der Waals surface area contributed by atoms with Crippen molar-refractivity contribution in [2.45, 2.75) is 13.8 Å². The molecule has 0 bridgehead atoms. The zero-order chi connectivity index (χ0) is 7.28. The van der Waals surface area contributed by atoms with E-state index in [1.54, 1.807) is 18.7 Å². The van der Waals surface area contributed by atoms with Crippen LogP contribution in [0, 0.1) is 0 Å². The van der Waals surface area contributed by atoms with Crippen molar-refractivity contribution in [1.82, 2.24) is 0 Å². The van der Waals surface area contributed by atoms with Gasteiger partial charge in [0.2, 0.25) is 0 Å². The SMILES string of the molecule is C=C(/N=C(\C)N)SCC. The second kappa shape index (κ2) is 4.44. The van der Waals surface area contributed by atoms with Gasteiger partial charge in [-0.05, 0) is 12.7 Å². The fourth-order valence-corrected chi connectivity index (χ4v) is 0.937. The molecular weight excluding hydrogens is 132 g/mol. The van der Waals surface area contributed by atoms with E-state index in [0.29, 0.717) is 5.84 Å². The van der Waals surface area contributed by atoms with E-state index in [1.807, 2.05) is 0 Å². The molecule has 0 saturated heterocycles. The lowest BCUT2D eigenvalue weighted by Crippen LogP contribution is -2.04. The third-order valence-corrected chi connectivity index (χ3v) is 1.33. The summed E-state index contributed by atoms with van der Waals surface area (Å²) in [6, 6.07) is 0. The van der Waals surface area contributed by atoms with Gasteiger partial charge in [0.05, 0.1) is 10.9 Å². The summed E-state index contributed by atoms with van der Waals surface area (Å²) in [5.74, 6) is 1.57. The van der Waals surface area contributed by atoms with Gasteiger partial charge in [-0.25, -0.2) is 4.99 Å². The molecule has 0 aliphatic rings. The molecule has 0 aliphatic heterocycles. The van der Waals surface area contributed by atoms with Gasteiger partial charge in [-0.3, -0.25) is 0 Å². The van der Waals surface area contributed by atoms with Gasteiger partial charge in [-0.2, -0.15) is 0 Å². The van der Waals surface area contributed by atoms with Crippen LogP contribution in [-0.2, 0) is 0 Å². The topological polar surface area (TPSA) is 38.4 Å². The lowest BCUT2D eigenvalue weighted by Gasteiger charge is -1.94. The van der Waals surface area contributed by atoms with Crippen molar-refractivity contribution in [3.63, 3.8) is 0 Å². The first-order valence-corrected chi connectivity index (χ1v) is 3.77. The summed E-state index contributed by atoms with van der Waals surface area (Å²) in [5.41, 5.74) is 5.30. The third kappa shape index (κ3) is 5.43. The average Bonchev–Trinajstić information content (AvgIpc) is 1.63. The van der Waals surface area contributed by atoms with Crippen molar-refractivity contribution in [1.29, 1.82) is 0 Å². The Labute approximate surface area is 60.2 Å². The number of hydrogen-bond donors (Lipinski definition) is 1. The highest BCUT2D eigenvalue weighted by molar-refractivity contribution is 8.03. The van der Waals surface area contributed by atoms with Crippen LogP contribution in [-0.4, -0.2) is 11.6 Å². The molecule has 0 heterocycles. The molecule has 0 fully saturated rings. The van der Waals surface area contributed by atoms with E-state index in [-0.39, 0.29) is 0 Å². The Morgan fingerprint density at radius 3 is 2.67 bits per heavy atom. The molecule has 0 aliphatic carbocycles. The predicted molar refractivity (Wildman–Crippen MR) is 44.6 cm³/mol. The van der Waals surface area contributed by atoms with Crippen molar-refractivity contribution in [3.8, 4) is 0 Å². The summed E-state index contributed by atoms with van der Waals surface area (Å²) in [5, 5.41) is 0.789. The van der Waals surface area contributed by atoms with Crippen LogP contribution in [0.5, 0.6) is 0 Å². The fourth-order valence-electron chi connectivity index (χ4n) is 0.396. The monoisotopic (exact) mass is 144 g/mol. The van der Waals surface area contributed by atoms with E-state index < -0.39 is 0 Å². The Kier molecular flexibility index (Phi) is 4.22. The molecule has 52 valence electrons. The van der Waals surface area contributed by atoms with Crippen LogP contribution >= 0.6 is 11.8 Å². The summed E-state index contributed by atoms with van der Waals surface area (Å²) >= 11 is 1.60. The van der Waals surface area contributed by atoms with Crippen molar-refractivity contribution in [2.24, 2.45) is 10.7 Å². The molecule has 0 saturated carbocycles. The van der Waals surface area contributed by atoms with Gasteiger partial charge >= 0.3 is 0 Å². The minimum absolute atomic E-state index is 0.570. The maximum absolute atomic E-state index is 5.30. The molecule has 0 amide bonds. The summed E-state index contributed by atoms with van der Waals surface area (Å²) < 4.78 is 0. The van der Waals surface area contributed by atoms with Crippen LogP contribution in [0.3, 0.4) is 0 Å². The third-order valence-electron chi connectivity index (χ3n) is 0.612. The maximum Gasteiger partial charge on any atom is 0.0971 e. The maximum atomic E-state index is 5.30. The molecule has 9 heavy (non-hydrogen) atoms. The molecule has 3 heteroatoms. The van der Waals surface area contributed by atoms with E-state index in [2.05, 4.69) is 18.5 Å². The summed E-state index contributed by atoms with van der Waals surface area (Å²) in [4.78, 5) is 3.93. The lowest BCUT2D eigenvalue weighted by atomic mass is 10.7. The lowest BCUT2D eigenvalue weighted by molar-refractivity contribution is 1.44. The van der Waals surface area contributed by atoms with E-state index in [0.717, 1.165) is 10.8 Å². The van der Waals surface area contributed by atoms with Gasteiger partial charge < -0.3 is 5.73 Å². The number of nitrogens with zero attached hydrogens (tertiary/aromatic N) is 1. The normalized spacial score (nSPS) is 11.6. The van der Waals surface area contributed by atoms with Gasteiger partial charge in [0.25, 0.3) is 0 Å². The van der Waals surface area contributed by atoms with Gasteiger partial charge in [0, 0.05) is 0 Å². The first-order valence-electron chi connectivity index (χ1n) is 2.79. The van der Waals surface area contributed by atoms with E-state index in [4.69, 9.17) is 5.73 Å². The van der Waals surface area contributed by atoms with E-state index in [9.17, 15) is 0 Å². The molecule has 0 atom stereocenters. The number of hydrogen-bond acceptors (Lipinski definition) is 2. The Morgan fingerprint density at radius 1 is 1.78 bits per heavy atom. The molecule has 2 nitrogen and oxygen atoms in total. The predicted octanol–water partition coefficient (Wildman–Crippen LogP) is 1.59. The van der Waals surface area contributed by atoms with Gasteiger partial charge in [0.15, 0.2) is 0 Å². The molecule has 0 rings (SSSR count). The van der Waals surface area contributed by atoms with Gasteiger partial charge in [-0.1, -0.05) is 13.5 Å². The first kappa shape index (κ1) is 8.56. The fraction of sp³-hybridized carbons (Fsp3) is 0.500. The Bertz CT molecular complexity index is 125. The summed E-state index contributed by atoms with van der Waals surface area (Å²) in [6.07, 6.45) is 0. The summed E-state index contributed by atoms with van der Waals surface area (Å²) in [6.45, 7) is 7.48. The molecular formula is C6H12N2S. The average molecular weight is 144 g/mol. The molecule has 2 N–H and O–H groups in total. The van der Waals surface area contributed by atoms with Crippen LogP contribution in [0.4, 0.5) is 0 Å². The number of amidine groups is 1. The minimum atomic E-state index is 0.570. The van der Waals surface area contributed by atoms with Crippen LogP contribution in [0.15, 0.2) is 16.6 Å². The molecule has 0 spiro atoms. The van der Waals surface area contributed by atoms with Crippen molar-refractivity contribution in [3.05, 3.63) is 11.6 Å². The second-order valence-electron chi connectivity index (χ2n) is 1.58. The number of thioether (sulfide) groups is 1. The Morgan fingerprint density at radius 2 is 2.33 bits per heavy atom. The van der Waals surface area contributed by atoms with Crippen molar-refractivity contribution in [2.75, 3.05) is 5.75 Å². The highest BCUT2D eigenvalue weighted by Gasteiger charge is 1.86. The standard InChI is InChI=1S/C6H12N2S/c1-4-9-6(3)8-5(2)7/h3-4H2,1-2H3,(H2,7,8).